The van der Waals surface area contributed by atoms with Crippen molar-refractivity contribution >= 4 is 35.1 Å². The number of carbonyl (C=O) groups is 2. The molecule has 3 amide bonds. The summed E-state index contributed by atoms with van der Waals surface area (Å²) in [6.07, 6.45) is 1.81. The Morgan fingerprint density at radius 3 is 2.39 bits per heavy atom. The lowest BCUT2D eigenvalue weighted by Gasteiger charge is -2.35. The van der Waals surface area contributed by atoms with Gasteiger partial charge in [-0.25, -0.2) is 9.78 Å². The predicted molar refractivity (Wildman–Crippen MR) is 146 cm³/mol. The number of ether oxygens (including phenoxy) is 1. The summed E-state index contributed by atoms with van der Waals surface area (Å²) >= 11 is 0. The molecule has 1 atom stereocenters. The molecule has 198 valence electrons. The summed E-state index contributed by atoms with van der Waals surface area (Å²) < 4.78 is 5.82. The fourth-order valence-electron chi connectivity index (χ4n) is 4.47. The van der Waals surface area contributed by atoms with Crippen molar-refractivity contribution in [3.63, 3.8) is 0 Å². The average molecular weight is 517 g/mol. The first-order valence-corrected chi connectivity index (χ1v) is 12.7. The highest BCUT2D eigenvalue weighted by Crippen LogP contribution is 2.23. The van der Waals surface area contributed by atoms with E-state index in [0.717, 1.165) is 36.8 Å². The Kier molecular flexibility index (Phi) is 7.95. The van der Waals surface area contributed by atoms with Gasteiger partial charge in [0.25, 0.3) is 5.91 Å². The van der Waals surface area contributed by atoms with Gasteiger partial charge in [0.2, 0.25) is 5.95 Å². The van der Waals surface area contributed by atoms with Crippen LogP contribution in [0.1, 0.15) is 22.0 Å². The molecule has 0 saturated carbocycles. The van der Waals surface area contributed by atoms with Gasteiger partial charge >= 0.3 is 6.03 Å². The molecular weight excluding hydrogens is 484 g/mol. The molecular formula is C27H32N8O3. The summed E-state index contributed by atoms with van der Waals surface area (Å²) in [7, 11) is 1.58. The Morgan fingerprint density at radius 1 is 0.974 bits per heavy atom. The van der Waals surface area contributed by atoms with E-state index in [-0.39, 0.29) is 18.0 Å². The largest absolute Gasteiger partial charge is 0.371 e. The number of rotatable bonds is 6. The number of aromatic nitrogens is 2. The minimum atomic E-state index is -0.166. The van der Waals surface area contributed by atoms with Crippen LogP contribution in [0.4, 0.5) is 27.9 Å². The van der Waals surface area contributed by atoms with E-state index >= 15 is 0 Å². The van der Waals surface area contributed by atoms with Crippen molar-refractivity contribution in [2.45, 2.75) is 6.10 Å². The first-order valence-electron chi connectivity index (χ1n) is 12.7. The first kappa shape index (κ1) is 25.4. The topological polar surface area (TPSA) is 124 Å². The van der Waals surface area contributed by atoms with Gasteiger partial charge in [0.05, 0.1) is 12.7 Å². The normalized spacial score (nSPS) is 17.6. The highest BCUT2D eigenvalue weighted by atomic mass is 16.5. The molecule has 0 radical (unpaired) electrons. The fourth-order valence-corrected chi connectivity index (χ4v) is 4.47. The lowest BCUT2D eigenvalue weighted by molar-refractivity contribution is 0.0277. The second-order valence-corrected chi connectivity index (χ2v) is 9.11. The number of hydrogen-bond acceptors (Lipinski definition) is 8. The monoisotopic (exact) mass is 516 g/mol. The zero-order valence-electron chi connectivity index (χ0n) is 21.3. The molecule has 2 aliphatic heterocycles. The van der Waals surface area contributed by atoms with Crippen LogP contribution in [-0.4, -0.2) is 79.7 Å². The number of amides is 3. The lowest BCUT2D eigenvalue weighted by atomic mass is 10.1. The molecule has 1 aromatic heterocycles. The van der Waals surface area contributed by atoms with E-state index in [1.165, 1.54) is 0 Å². The molecule has 4 N–H and O–H groups in total. The minimum absolute atomic E-state index is 0.0766. The van der Waals surface area contributed by atoms with Crippen molar-refractivity contribution in [3.05, 3.63) is 71.9 Å². The van der Waals surface area contributed by atoms with Crippen molar-refractivity contribution in [1.29, 1.82) is 0 Å². The van der Waals surface area contributed by atoms with Crippen LogP contribution >= 0.6 is 0 Å². The number of nitrogens with one attached hydrogen (secondary N) is 4. The number of benzene rings is 2. The van der Waals surface area contributed by atoms with Crippen molar-refractivity contribution in [2.75, 3.05) is 68.5 Å². The standard InChI is InChI=1S/C27H32N8O3/c1-28-25(36)20-4-8-22(9-5-20)32-27(37)35-15-13-34(14-16-35)24-10-11-30-26(33-24)31-21-6-2-19(3-7-21)23-18-29-12-17-38-23/h2-11,23,29H,12-18H2,1H3,(H,28,36)(H,32,37)(H,30,31,33). The number of anilines is 4. The van der Waals surface area contributed by atoms with E-state index in [1.807, 2.05) is 18.2 Å². The number of urea groups is 1. The van der Waals surface area contributed by atoms with Gasteiger partial charge in [-0.15, -0.1) is 0 Å². The van der Waals surface area contributed by atoms with Crippen LogP contribution in [0.3, 0.4) is 0 Å². The van der Waals surface area contributed by atoms with Crippen LogP contribution in [0.25, 0.3) is 0 Å². The third kappa shape index (κ3) is 6.18. The second kappa shape index (κ2) is 11.9. The number of piperazine rings is 1. The van der Waals surface area contributed by atoms with Crippen molar-refractivity contribution in [2.24, 2.45) is 0 Å². The Balaban J connectivity index is 1.13. The van der Waals surface area contributed by atoms with Gasteiger partial charge in [0.15, 0.2) is 0 Å². The molecule has 2 saturated heterocycles. The number of morpholine rings is 1. The summed E-state index contributed by atoms with van der Waals surface area (Å²) in [5.74, 6) is 1.17. The number of carbonyl (C=O) groups excluding carboxylic acids is 2. The van der Waals surface area contributed by atoms with Crippen LogP contribution in [0.2, 0.25) is 0 Å². The highest BCUT2D eigenvalue weighted by Gasteiger charge is 2.22. The summed E-state index contributed by atoms with van der Waals surface area (Å²) in [6.45, 7) is 4.87. The SMILES string of the molecule is CNC(=O)c1ccc(NC(=O)N2CCN(c3ccnc(Nc4ccc(C5CNCCO5)cc4)n3)CC2)cc1. The predicted octanol–water partition coefficient (Wildman–Crippen LogP) is 2.59. The molecule has 1 unspecified atom stereocenters. The zero-order valence-corrected chi connectivity index (χ0v) is 21.3. The molecule has 0 aliphatic carbocycles. The Bertz CT molecular complexity index is 1240. The van der Waals surface area contributed by atoms with Crippen LogP contribution in [0.5, 0.6) is 0 Å². The minimum Gasteiger partial charge on any atom is -0.371 e. The molecule has 3 aromatic rings. The Hall–Kier alpha value is -4.22. The quantitative estimate of drug-likeness (QED) is 0.394. The molecule has 2 aliphatic rings. The van der Waals surface area contributed by atoms with Crippen molar-refractivity contribution in [1.82, 2.24) is 25.5 Å². The van der Waals surface area contributed by atoms with E-state index in [4.69, 9.17) is 4.74 Å². The summed E-state index contributed by atoms with van der Waals surface area (Å²) in [6, 6.07) is 16.7. The molecule has 5 rings (SSSR count). The van der Waals surface area contributed by atoms with Gasteiger partial charge < -0.3 is 35.8 Å². The number of hydrogen-bond donors (Lipinski definition) is 4. The maximum atomic E-state index is 12.7. The highest BCUT2D eigenvalue weighted by molar-refractivity contribution is 5.95. The van der Waals surface area contributed by atoms with E-state index in [2.05, 4.69) is 48.3 Å². The Morgan fingerprint density at radius 2 is 1.71 bits per heavy atom. The van der Waals surface area contributed by atoms with Crippen molar-refractivity contribution < 1.29 is 14.3 Å². The number of nitrogens with zero attached hydrogens (tertiary/aromatic N) is 4. The Labute approximate surface area is 221 Å². The maximum Gasteiger partial charge on any atom is 0.321 e. The van der Waals surface area contributed by atoms with Crippen LogP contribution in [0, 0.1) is 0 Å². The zero-order chi connectivity index (χ0) is 26.3. The van der Waals surface area contributed by atoms with Gasteiger partial charge in [0.1, 0.15) is 5.82 Å². The third-order valence-corrected chi connectivity index (χ3v) is 6.62. The molecule has 2 fully saturated rings. The van der Waals surface area contributed by atoms with E-state index in [9.17, 15) is 9.59 Å². The molecule has 11 heteroatoms. The molecule has 0 bridgehead atoms. The second-order valence-electron chi connectivity index (χ2n) is 9.11. The molecule has 2 aromatic carbocycles. The first-order chi connectivity index (χ1) is 18.6. The van der Waals surface area contributed by atoms with Crippen LogP contribution in [0.15, 0.2) is 60.8 Å². The molecule has 3 heterocycles. The summed E-state index contributed by atoms with van der Waals surface area (Å²) in [5.41, 5.74) is 3.23. The van der Waals surface area contributed by atoms with Gasteiger partial charge in [0, 0.05) is 69.5 Å². The summed E-state index contributed by atoms with van der Waals surface area (Å²) in [5, 5.41) is 12.1. The van der Waals surface area contributed by atoms with Gasteiger partial charge in [-0.1, -0.05) is 12.1 Å². The van der Waals surface area contributed by atoms with Crippen LogP contribution < -0.4 is 26.2 Å². The van der Waals surface area contributed by atoms with Crippen molar-refractivity contribution in [3.8, 4) is 0 Å². The van der Waals surface area contributed by atoms with Crippen LogP contribution in [-0.2, 0) is 4.74 Å². The molecule has 11 nitrogen and oxygen atoms in total. The van der Waals surface area contributed by atoms with E-state index in [1.54, 1.807) is 42.4 Å². The average Bonchev–Trinajstić information content (AvgIpc) is 2.98. The van der Waals surface area contributed by atoms with Gasteiger partial charge in [-0.3, -0.25) is 4.79 Å². The molecule has 38 heavy (non-hydrogen) atoms. The smallest absolute Gasteiger partial charge is 0.321 e. The van der Waals surface area contributed by atoms with E-state index < -0.39 is 0 Å². The lowest BCUT2D eigenvalue weighted by Crippen LogP contribution is -2.50. The van der Waals surface area contributed by atoms with Gasteiger partial charge in [-0.05, 0) is 48.0 Å². The third-order valence-electron chi connectivity index (χ3n) is 6.62. The fraction of sp³-hybridized carbons (Fsp3) is 0.333. The maximum absolute atomic E-state index is 12.7. The molecule has 0 spiro atoms. The van der Waals surface area contributed by atoms with Gasteiger partial charge in [-0.2, -0.15) is 4.98 Å². The van der Waals surface area contributed by atoms with E-state index in [0.29, 0.717) is 43.4 Å². The summed E-state index contributed by atoms with van der Waals surface area (Å²) in [4.78, 5) is 37.4.